The van der Waals surface area contributed by atoms with Crippen molar-refractivity contribution in [3.63, 3.8) is 0 Å². The third-order valence-corrected chi connectivity index (χ3v) is 3.75. The summed E-state index contributed by atoms with van der Waals surface area (Å²) in [5.41, 5.74) is 0.100. The fraction of sp³-hybridized carbons (Fsp3) is 0.211. The largest absolute Gasteiger partial charge is 0.870 e. The van der Waals surface area contributed by atoms with E-state index in [4.69, 9.17) is 14.2 Å². The summed E-state index contributed by atoms with van der Waals surface area (Å²) in [6.07, 6.45) is 1.17. The summed E-state index contributed by atoms with van der Waals surface area (Å²) in [4.78, 5) is 11.8. The number of carboxylic acid groups (broad SMARTS) is 1. The lowest BCUT2D eigenvalue weighted by Crippen LogP contribution is -2.03. The number of hydrogen-bond donors (Lipinski definition) is 1. The number of aliphatic carboxylic acids is 1. The lowest BCUT2D eigenvalue weighted by Gasteiger charge is -2.16. The monoisotopic (exact) mass is 377 g/mol. The Morgan fingerprint density at radius 2 is 1.52 bits per heavy atom. The molecule has 0 saturated carbocycles. The molecule has 0 amide bonds. The van der Waals surface area contributed by atoms with E-state index in [2.05, 4.69) is 4.74 Å². The molecule has 0 saturated heterocycles. The van der Waals surface area contributed by atoms with Gasteiger partial charge in [-0.1, -0.05) is 11.8 Å². The molecule has 0 heterocycles. The predicted octanol–water partition coefficient (Wildman–Crippen LogP) is 2.56. The molecule has 0 spiro atoms. The maximum atomic E-state index is 13.9. The highest BCUT2D eigenvalue weighted by Gasteiger charge is 2.19. The standard InChI is InChI=1S/C19H19FO7/c1-24-15-8-11(9-16(25-2)18(15)27-4)12(19(22)23)5-10-6-13(20)17(26-3)14(21)7-10/h5-9,21H,1-4H3,(H,22,23)/p-1/b12-5+. The molecule has 0 atom stereocenters. The molecule has 0 radical (unpaired) electrons. The van der Waals surface area contributed by atoms with Crippen LogP contribution in [0.4, 0.5) is 4.39 Å². The highest BCUT2D eigenvalue weighted by Crippen LogP contribution is 2.40. The highest BCUT2D eigenvalue weighted by molar-refractivity contribution is 6.20. The van der Waals surface area contributed by atoms with E-state index < -0.39 is 23.3 Å². The van der Waals surface area contributed by atoms with Crippen molar-refractivity contribution in [3.8, 4) is 28.7 Å². The number of benzene rings is 2. The number of hydrogen-bond acceptors (Lipinski definition) is 6. The van der Waals surface area contributed by atoms with E-state index in [0.29, 0.717) is 5.75 Å². The normalized spacial score (nSPS) is 11.1. The smallest absolute Gasteiger partial charge is 0.336 e. The second-order valence-electron chi connectivity index (χ2n) is 5.31. The van der Waals surface area contributed by atoms with Crippen LogP contribution in [0.2, 0.25) is 0 Å². The molecule has 2 aromatic rings. The van der Waals surface area contributed by atoms with E-state index in [1.165, 1.54) is 46.6 Å². The van der Waals surface area contributed by atoms with Crippen LogP contribution in [0.1, 0.15) is 11.1 Å². The summed E-state index contributed by atoms with van der Waals surface area (Å²) in [5, 5.41) is 21.5. The van der Waals surface area contributed by atoms with E-state index in [1.54, 1.807) is 0 Å². The van der Waals surface area contributed by atoms with Gasteiger partial charge in [-0.2, -0.15) is 0 Å². The number of ether oxygens (including phenoxy) is 4. The van der Waals surface area contributed by atoms with Crippen LogP contribution in [0.3, 0.4) is 0 Å². The van der Waals surface area contributed by atoms with Crippen LogP contribution < -0.4 is 24.1 Å². The van der Waals surface area contributed by atoms with Gasteiger partial charge in [-0.15, -0.1) is 0 Å². The molecule has 1 N–H and O–H groups in total. The third kappa shape index (κ3) is 4.05. The highest BCUT2D eigenvalue weighted by atomic mass is 19.1. The number of halogens is 1. The SMILES string of the molecule is COc1cc(/C(=C\c2cc([O-])c(OC)c(F)c2)C(=O)O)cc(OC)c1OC. The minimum atomic E-state index is -1.28. The second-order valence-corrected chi connectivity index (χ2v) is 5.31. The lowest BCUT2D eigenvalue weighted by atomic mass is 10.0. The van der Waals surface area contributed by atoms with Crippen LogP contribution >= 0.6 is 0 Å². The van der Waals surface area contributed by atoms with Crippen molar-refractivity contribution in [2.45, 2.75) is 0 Å². The first-order valence-electron chi connectivity index (χ1n) is 7.66. The van der Waals surface area contributed by atoms with Gasteiger partial charge in [-0.05, 0) is 35.4 Å². The topological polar surface area (TPSA) is 97.3 Å². The summed E-state index contributed by atoms with van der Waals surface area (Å²) < 4.78 is 34.3. The fourth-order valence-electron chi connectivity index (χ4n) is 2.54. The Morgan fingerprint density at radius 3 is 1.93 bits per heavy atom. The summed E-state index contributed by atoms with van der Waals surface area (Å²) >= 11 is 0. The number of carboxylic acids is 1. The van der Waals surface area contributed by atoms with Crippen molar-refractivity contribution in [3.05, 3.63) is 41.2 Å². The van der Waals surface area contributed by atoms with Gasteiger partial charge in [0.25, 0.3) is 0 Å². The summed E-state index contributed by atoms with van der Waals surface area (Å²) in [5.74, 6) is -2.49. The Balaban J connectivity index is 2.65. The van der Waals surface area contributed by atoms with Gasteiger partial charge in [-0.25, -0.2) is 9.18 Å². The molecule has 0 fully saturated rings. The van der Waals surface area contributed by atoms with E-state index >= 15 is 0 Å². The van der Waals surface area contributed by atoms with Crippen molar-refractivity contribution in [1.82, 2.24) is 0 Å². The number of carbonyl (C=O) groups is 1. The van der Waals surface area contributed by atoms with Gasteiger partial charge in [0.2, 0.25) is 5.75 Å². The minimum Gasteiger partial charge on any atom is -0.870 e. The van der Waals surface area contributed by atoms with Crippen LogP contribution in [0.25, 0.3) is 11.6 Å². The van der Waals surface area contributed by atoms with Gasteiger partial charge in [-0.3, -0.25) is 0 Å². The summed E-state index contributed by atoms with van der Waals surface area (Å²) in [6, 6.07) is 4.99. The van der Waals surface area contributed by atoms with Crippen LogP contribution in [0.5, 0.6) is 28.7 Å². The zero-order valence-electron chi connectivity index (χ0n) is 15.2. The van der Waals surface area contributed by atoms with E-state index in [1.807, 2.05) is 0 Å². The van der Waals surface area contributed by atoms with Crippen LogP contribution in [-0.4, -0.2) is 39.5 Å². The Kier molecular flexibility index (Phi) is 6.12. The maximum Gasteiger partial charge on any atom is 0.336 e. The predicted molar refractivity (Wildman–Crippen MR) is 94.0 cm³/mol. The fourth-order valence-corrected chi connectivity index (χ4v) is 2.54. The Hall–Kier alpha value is -3.42. The first kappa shape index (κ1) is 19.9. The van der Waals surface area contributed by atoms with Crippen LogP contribution in [0.15, 0.2) is 24.3 Å². The Labute approximate surface area is 155 Å². The van der Waals surface area contributed by atoms with Gasteiger partial charge in [0.15, 0.2) is 17.3 Å². The molecule has 7 nitrogen and oxygen atoms in total. The number of methoxy groups -OCH3 is 4. The summed E-state index contributed by atoms with van der Waals surface area (Å²) in [7, 11) is 5.39. The van der Waals surface area contributed by atoms with Crippen LogP contribution in [-0.2, 0) is 4.79 Å². The molecule has 0 aromatic heterocycles. The quantitative estimate of drug-likeness (QED) is 0.585. The third-order valence-electron chi connectivity index (χ3n) is 3.75. The molecule has 0 aliphatic carbocycles. The van der Waals surface area contributed by atoms with Crippen molar-refractivity contribution >= 4 is 17.6 Å². The molecule has 27 heavy (non-hydrogen) atoms. The lowest BCUT2D eigenvalue weighted by molar-refractivity contribution is -0.270. The summed E-state index contributed by atoms with van der Waals surface area (Å²) in [6.45, 7) is 0. The Bertz CT molecular complexity index is 842. The maximum absolute atomic E-state index is 13.9. The molecule has 2 rings (SSSR count). The zero-order valence-corrected chi connectivity index (χ0v) is 15.2. The van der Waals surface area contributed by atoms with Crippen molar-refractivity contribution in [1.29, 1.82) is 0 Å². The van der Waals surface area contributed by atoms with Gasteiger partial charge >= 0.3 is 5.97 Å². The first-order valence-corrected chi connectivity index (χ1v) is 7.66. The molecule has 0 bridgehead atoms. The molecule has 0 aliphatic rings. The molecular formula is C19H18FO7-. The average molecular weight is 377 g/mol. The van der Waals surface area contributed by atoms with E-state index in [0.717, 1.165) is 12.1 Å². The molecule has 2 aromatic carbocycles. The first-order chi connectivity index (χ1) is 12.9. The van der Waals surface area contributed by atoms with Crippen molar-refractivity contribution < 1.29 is 38.3 Å². The molecular weight excluding hydrogens is 359 g/mol. The molecule has 0 aliphatic heterocycles. The zero-order chi connectivity index (χ0) is 20.1. The van der Waals surface area contributed by atoms with Crippen molar-refractivity contribution in [2.24, 2.45) is 0 Å². The van der Waals surface area contributed by atoms with Gasteiger partial charge in [0.05, 0.1) is 34.0 Å². The number of rotatable bonds is 7. The molecule has 0 unspecified atom stereocenters. The van der Waals surface area contributed by atoms with Crippen molar-refractivity contribution in [2.75, 3.05) is 28.4 Å². The van der Waals surface area contributed by atoms with Gasteiger partial charge in [0, 0.05) is 0 Å². The average Bonchev–Trinajstić information content (AvgIpc) is 2.64. The van der Waals surface area contributed by atoms with Gasteiger partial charge in [0.1, 0.15) is 5.75 Å². The van der Waals surface area contributed by atoms with Gasteiger partial charge < -0.3 is 29.2 Å². The Morgan fingerprint density at radius 1 is 0.963 bits per heavy atom. The van der Waals surface area contributed by atoms with E-state index in [-0.39, 0.29) is 28.2 Å². The minimum absolute atomic E-state index is 0.0736. The molecule has 8 heteroatoms. The molecule has 144 valence electrons. The van der Waals surface area contributed by atoms with E-state index in [9.17, 15) is 19.4 Å². The second kappa shape index (κ2) is 8.31. The van der Waals surface area contributed by atoms with Crippen LogP contribution in [0, 0.1) is 5.82 Å².